The number of amides is 1. The molecule has 2 N–H and O–H groups in total. The highest BCUT2D eigenvalue weighted by Crippen LogP contribution is 2.28. The summed E-state index contributed by atoms with van der Waals surface area (Å²) in [6, 6.07) is 22.9. The van der Waals surface area contributed by atoms with Crippen molar-refractivity contribution in [3.8, 4) is 5.75 Å². The highest BCUT2D eigenvalue weighted by Gasteiger charge is 2.21. The first kappa shape index (κ1) is 13.2. The number of rotatable bonds is 4. The third-order valence-corrected chi connectivity index (χ3v) is 3.36. The molecule has 3 nitrogen and oxygen atoms in total. The SMILES string of the molecule is NC(=O)C(Oc1ccccc1)c1cccc2ccccc12. The van der Waals surface area contributed by atoms with Crippen molar-refractivity contribution in [2.45, 2.75) is 6.10 Å². The van der Waals surface area contributed by atoms with E-state index in [-0.39, 0.29) is 0 Å². The van der Waals surface area contributed by atoms with Gasteiger partial charge in [-0.3, -0.25) is 4.79 Å². The fraction of sp³-hybridized carbons (Fsp3) is 0.0556. The summed E-state index contributed by atoms with van der Waals surface area (Å²) in [4.78, 5) is 11.8. The van der Waals surface area contributed by atoms with Gasteiger partial charge in [-0.05, 0) is 22.9 Å². The van der Waals surface area contributed by atoms with E-state index < -0.39 is 12.0 Å². The van der Waals surface area contributed by atoms with Gasteiger partial charge < -0.3 is 10.5 Å². The monoisotopic (exact) mass is 277 g/mol. The molecular formula is C18H15NO2. The van der Waals surface area contributed by atoms with Crippen molar-refractivity contribution in [1.29, 1.82) is 0 Å². The number of primary amides is 1. The molecule has 0 aromatic heterocycles. The van der Waals surface area contributed by atoms with Crippen molar-refractivity contribution < 1.29 is 9.53 Å². The van der Waals surface area contributed by atoms with E-state index in [4.69, 9.17) is 10.5 Å². The van der Waals surface area contributed by atoms with Crippen molar-refractivity contribution in [3.63, 3.8) is 0 Å². The Morgan fingerprint density at radius 1 is 0.857 bits per heavy atom. The maximum Gasteiger partial charge on any atom is 0.263 e. The van der Waals surface area contributed by atoms with Gasteiger partial charge >= 0.3 is 0 Å². The van der Waals surface area contributed by atoms with Gasteiger partial charge in [0.2, 0.25) is 6.10 Å². The van der Waals surface area contributed by atoms with Gasteiger partial charge in [-0.15, -0.1) is 0 Å². The lowest BCUT2D eigenvalue weighted by molar-refractivity contribution is -0.124. The fourth-order valence-corrected chi connectivity index (χ4v) is 2.39. The molecule has 3 heteroatoms. The molecule has 0 bridgehead atoms. The fourth-order valence-electron chi connectivity index (χ4n) is 2.39. The van der Waals surface area contributed by atoms with E-state index >= 15 is 0 Å². The number of carbonyl (C=O) groups excluding carboxylic acids is 1. The molecule has 3 rings (SSSR count). The normalized spacial score (nSPS) is 12.0. The number of carbonyl (C=O) groups is 1. The Hall–Kier alpha value is -2.81. The molecule has 104 valence electrons. The minimum absolute atomic E-state index is 0.504. The molecule has 0 radical (unpaired) electrons. The minimum atomic E-state index is -0.807. The van der Waals surface area contributed by atoms with Gasteiger partial charge in [-0.2, -0.15) is 0 Å². The third-order valence-electron chi connectivity index (χ3n) is 3.36. The van der Waals surface area contributed by atoms with Gasteiger partial charge in [0, 0.05) is 5.56 Å². The largest absolute Gasteiger partial charge is 0.476 e. The molecule has 1 unspecified atom stereocenters. The quantitative estimate of drug-likeness (QED) is 0.794. The van der Waals surface area contributed by atoms with Crippen LogP contribution in [0.3, 0.4) is 0 Å². The smallest absolute Gasteiger partial charge is 0.263 e. The number of fused-ring (bicyclic) bond motifs is 1. The second kappa shape index (κ2) is 5.67. The Kier molecular flexibility index (Phi) is 3.56. The van der Waals surface area contributed by atoms with E-state index in [0.717, 1.165) is 16.3 Å². The Bertz CT molecular complexity index is 763. The molecule has 0 fully saturated rings. The van der Waals surface area contributed by atoms with Crippen LogP contribution in [0.15, 0.2) is 72.8 Å². The predicted molar refractivity (Wildman–Crippen MR) is 83.0 cm³/mol. The molecule has 0 saturated carbocycles. The highest BCUT2D eigenvalue weighted by atomic mass is 16.5. The van der Waals surface area contributed by atoms with E-state index in [1.807, 2.05) is 60.7 Å². The molecule has 21 heavy (non-hydrogen) atoms. The lowest BCUT2D eigenvalue weighted by Gasteiger charge is -2.18. The van der Waals surface area contributed by atoms with Crippen LogP contribution in [0.4, 0.5) is 0 Å². The van der Waals surface area contributed by atoms with E-state index in [1.165, 1.54) is 0 Å². The van der Waals surface area contributed by atoms with Crippen LogP contribution in [0.2, 0.25) is 0 Å². The molecule has 0 aliphatic heterocycles. The molecule has 1 atom stereocenters. The Labute approximate surface area is 123 Å². The number of hydrogen-bond donors (Lipinski definition) is 1. The van der Waals surface area contributed by atoms with Crippen LogP contribution in [0.5, 0.6) is 5.75 Å². The summed E-state index contributed by atoms with van der Waals surface area (Å²) in [6.45, 7) is 0. The lowest BCUT2D eigenvalue weighted by Crippen LogP contribution is -2.26. The number of nitrogens with two attached hydrogens (primary N) is 1. The topological polar surface area (TPSA) is 52.3 Å². The van der Waals surface area contributed by atoms with Gasteiger partial charge in [0.05, 0.1) is 0 Å². The summed E-state index contributed by atoms with van der Waals surface area (Å²) < 4.78 is 5.80. The molecule has 3 aromatic carbocycles. The molecule has 0 aliphatic carbocycles. The van der Waals surface area contributed by atoms with Crippen LogP contribution in [0, 0.1) is 0 Å². The third kappa shape index (κ3) is 2.72. The molecular weight excluding hydrogens is 262 g/mol. The van der Waals surface area contributed by atoms with Gasteiger partial charge in [-0.1, -0.05) is 60.7 Å². The number of hydrogen-bond acceptors (Lipinski definition) is 2. The molecule has 0 heterocycles. The van der Waals surface area contributed by atoms with Crippen LogP contribution in [0.25, 0.3) is 10.8 Å². The number of ether oxygens (including phenoxy) is 1. The van der Waals surface area contributed by atoms with Gasteiger partial charge in [0.25, 0.3) is 5.91 Å². The zero-order valence-electron chi connectivity index (χ0n) is 11.4. The van der Waals surface area contributed by atoms with Crippen LogP contribution in [-0.4, -0.2) is 5.91 Å². The molecule has 3 aromatic rings. The van der Waals surface area contributed by atoms with Crippen LogP contribution in [0.1, 0.15) is 11.7 Å². The maximum absolute atomic E-state index is 11.8. The zero-order valence-corrected chi connectivity index (χ0v) is 11.4. The first-order chi connectivity index (χ1) is 10.3. The first-order valence-electron chi connectivity index (χ1n) is 6.74. The summed E-state index contributed by atoms with van der Waals surface area (Å²) in [5, 5.41) is 2.03. The summed E-state index contributed by atoms with van der Waals surface area (Å²) >= 11 is 0. The predicted octanol–water partition coefficient (Wildman–Crippen LogP) is 3.45. The molecule has 0 spiro atoms. The van der Waals surface area contributed by atoms with E-state index in [9.17, 15) is 4.79 Å². The molecule has 1 amide bonds. The Morgan fingerprint density at radius 3 is 2.29 bits per heavy atom. The summed E-state index contributed by atoms with van der Waals surface area (Å²) in [6.07, 6.45) is -0.807. The van der Waals surface area contributed by atoms with Crippen molar-refractivity contribution in [1.82, 2.24) is 0 Å². The standard InChI is InChI=1S/C18H15NO2/c19-18(20)17(21-14-9-2-1-3-10-14)16-12-6-8-13-7-4-5-11-15(13)16/h1-12,17H,(H2,19,20). The minimum Gasteiger partial charge on any atom is -0.476 e. The average Bonchev–Trinajstić information content (AvgIpc) is 2.53. The summed E-state index contributed by atoms with van der Waals surface area (Å²) in [5.74, 6) is 0.115. The van der Waals surface area contributed by atoms with Crippen molar-refractivity contribution in [2.24, 2.45) is 5.73 Å². The van der Waals surface area contributed by atoms with Gasteiger partial charge in [0.15, 0.2) is 0 Å². The van der Waals surface area contributed by atoms with E-state index in [2.05, 4.69) is 0 Å². The van der Waals surface area contributed by atoms with Crippen molar-refractivity contribution in [3.05, 3.63) is 78.4 Å². The van der Waals surface area contributed by atoms with Crippen LogP contribution < -0.4 is 10.5 Å². The number of para-hydroxylation sites is 1. The lowest BCUT2D eigenvalue weighted by atomic mass is 10.00. The van der Waals surface area contributed by atoms with Crippen LogP contribution in [-0.2, 0) is 4.79 Å². The highest BCUT2D eigenvalue weighted by molar-refractivity contribution is 5.91. The maximum atomic E-state index is 11.8. The second-order valence-electron chi connectivity index (χ2n) is 4.78. The molecule has 0 aliphatic rings. The first-order valence-corrected chi connectivity index (χ1v) is 6.74. The van der Waals surface area contributed by atoms with E-state index in [1.54, 1.807) is 12.1 Å². The van der Waals surface area contributed by atoms with Gasteiger partial charge in [-0.25, -0.2) is 0 Å². The van der Waals surface area contributed by atoms with Crippen molar-refractivity contribution in [2.75, 3.05) is 0 Å². The summed E-state index contributed by atoms with van der Waals surface area (Å²) in [5.41, 5.74) is 6.33. The Morgan fingerprint density at radius 2 is 1.52 bits per heavy atom. The average molecular weight is 277 g/mol. The summed E-state index contributed by atoms with van der Waals surface area (Å²) in [7, 11) is 0. The zero-order chi connectivity index (χ0) is 14.7. The van der Waals surface area contributed by atoms with Crippen molar-refractivity contribution >= 4 is 16.7 Å². The Balaban J connectivity index is 2.06. The number of benzene rings is 3. The van der Waals surface area contributed by atoms with Crippen LogP contribution >= 0.6 is 0 Å². The van der Waals surface area contributed by atoms with Gasteiger partial charge in [0.1, 0.15) is 5.75 Å². The van der Waals surface area contributed by atoms with E-state index in [0.29, 0.717) is 5.75 Å². The second-order valence-corrected chi connectivity index (χ2v) is 4.78. The molecule has 0 saturated heterocycles.